The quantitative estimate of drug-likeness (QED) is 0.772. The van der Waals surface area contributed by atoms with Gasteiger partial charge >= 0.3 is 0 Å². The SMILES string of the molecule is CCCC12CCC(CCO)(O1)[C@H]1C(=O)N(c3ccc(C#N)c4ccccc34)C(=O)C12. The Morgan fingerprint density at radius 2 is 1.70 bits per heavy atom. The highest BCUT2D eigenvalue weighted by molar-refractivity contribution is 6.26. The van der Waals surface area contributed by atoms with Gasteiger partial charge in [-0.3, -0.25) is 9.59 Å². The van der Waals surface area contributed by atoms with Crippen molar-refractivity contribution >= 4 is 28.3 Å². The lowest BCUT2D eigenvalue weighted by molar-refractivity contribution is -0.132. The van der Waals surface area contributed by atoms with Crippen LogP contribution in [0.15, 0.2) is 36.4 Å². The van der Waals surface area contributed by atoms with Crippen LogP contribution in [0.2, 0.25) is 0 Å². The third-order valence-corrected chi connectivity index (χ3v) is 7.29. The number of hydrogen-bond acceptors (Lipinski definition) is 5. The van der Waals surface area contributed by atoms with E-state index in [4.69, 9.17) is 4.74 Å². The molecular weight excluding hydrogens is 380 g/mol. The first-order valence-electron chi connectivity index (χ1n) is 10.6. The van der Waals surface area contributed by atoms with Crippen LogP contribution in [0, 0.1) is 23.2 Å². The van der Waals surface area contributed by atoms with E-state index < -0.39 is 23.0 Å². The lowest BCUT2D eigenvalue weighted by Gasteiger charge is -2.31. The number of fused-ring (bicyclic) bond motifs is 6. The number of ether oxygens (including phenoxy) is 1. The van der Waals surface area contributed by atoms with Crippen molar-refractivity contribution in [3.63, 3.8) is 0 Å². The molecule has 0 radical (unpaired) electrons. The fraction of sp³-hybridized carbons (Fsp3) is 0.458. The Kier molecular flexibility index (Phi) is 4.25. The highest BCUT2D eigenvalue weighted by atomic mass is 16.5. The molecular formula is C24H24N2O4. The van der Waals surface area contributed by atoms with E-state index in [-0.39, 0.29) is 18.4 Å². The summed E-state index contributed by atoms with van der Waals surface area (Å²) < 4.78 is 6.47. The molecule has 154 valence electrons. The molecule has 3 saturated heterocycles. The van der Waals surface area contributed by atoms with Crippen molar-refractivity contribution in [3.8, 4) is 6.07 Å². The van der Waals surface area contributed by atoms with Gasteiger partial charge in [0.2, 0.25) is 11.8 Å². The van der Waals surface area contributed by atoms with Crippen molar-refractivity contribution in [2.75, 3.05) is 11.5 Å². The minimum atomic E-state index is -0.765. The van der Waals surface area contributed by atoms with Crippen LogP contribution in [0.3, 0.4) is 0 Å². The van der Waals surface area contributed by atoms with Crippen LogP contribution < -0.4 is 4.90 Å². The molecule has 2 aromatic rings. The minimum absolute atomic E-state index is 0.0767. The molecule has 2 bridgehead atoms. The van der Waals surface area contributed by atoms with Gasteiger partial charge in [-0.2, -0.15) is 5.26 Å². The standard InChI is InChI=1S/C24H24N2O4/c1-2-9-23-10-11-24(30-23,12-13-27)20-19(23)21(28)26(22(20)29)18-8-7-15(14-25)16-5-3-4-6-17(16)18/h3-8,19-20,27H,2,9-13H2,1H3/t19?,20-,23?,24?/m1/s1. The molecule has 3 heterocycles. The third-order valence-electron chi connectivity index (χ3n) is 7.29. The molecule has 3 aliphatic heterocycles. The van der Waals surface area contributed by atoms with Gasteiger partial charge in [0.05, 0.1) is 40.4 Å². The monoisotopic (exact) mass is 404 g/mol. The zero-order valence-electron chi connectivity index (χ0n) is 16.9. The number of amides is 2. The predicted octanol–water partition coefficient (Wildman–Crippen LogP) is 3.30. The van der Waals surface area contributed by atoms with E-state index in [1.165, 1.54) is 4.90 Å². The van der Waals surface area contributed by atoms with Crippen LogP contribution in [-0.2, 0) is 14.3 Å². The number of carbonyl (C=O) groups is 2. The Labute approximate surface area is 175 Å². The van der Waals surface area contributed by atoms with Crippen molar-refractivity contribution in [1.29, 1.82) is 5.26 Å². The van der Waals surface area contributed by atoms with Crippen molar-refractivity contribution < 1.29 is 19.4 Å². The fourth-order valence-corrected chi connectivity index (χ4v) is 6.19. The Bertz CT molecular complexity index is 1070. The second-order valence-corrected chi connectivity index (χ2v) is 8.71. The van der Waals surface area contributed by atoms with E-state index in [9.17, 15) is 20.0 Å². The molecule has 4 atom stereocenters. The molecule has 3 fully saturated rings. The number of nitrogens with zero attached hydrogens (tertiary/aromatic N) is 2. The average Bonchev–Trinajstić information content (AvgIpc) is 3.34. The van der Waals surface area contributed by atoms with Gasteiger partial charge in [-0.25, -0.2) is 4.90 Å². The van der Waals surface area contributed by atoms with Crippen LogP contribution in [0.5, 0.6) is 0 Å². The molecule has 0 spiro atoms. The molecule has 0 saturated carbocycles. The van der Waals surface area contributed by atoms with E-state index in [0.29, 0.717) is 29.5 Å². The van der Waals surface area contributed by atoms with Crippen molar-refractivity contribution in [2.45, 2.75) is 50.2 Å². The van der Waals surface area contributed by atoms with Gasteiger partial charge in [-0.15, -0.1) is 0 Å². The van der Waals surface area contributed by atoms with Crippen molar-refractivity contribution in [3.05, 3.63) is 42.0 Å². The zero-order chi connectivity index (χ0) is 21.1. The van der Waals surface area contributed by atoms with Crippen LogP contribution >= 0.6 is 0 Å². The van der Waals surface area contributed by atoms with Gasteiger partial charge in [0, 0.05) is 23.8 Å². The summed E-state index contributed by atoms with van der Waals surface area (Å²) in [6.07, 6.45) is 3.38. The first kappa shape index (κ1) is 19.2. The van der Waals surface area contributed by atoms with E-state index in [1.807, 2.05) is 24.3 Å². The number of anilines is 1. The summed E-state index contributed by atoms with van der Waals surface area (Å²) in [7, 11) is 0. The van der Waals surface area contributed by atoms with E-state index in [2.05, 4.69) is 13.0 Å². The number of nitriles is 1. The summed E-state index contributed by atoms with van der Waals surface area (Å²) in [4.78, 5) is 28.7. The second-order valence-electron chi connectivity index (χ2n) is 8.71. The topological polar surface area (TPSA) is 90.6 Å². The second kappa shape index (κ2) is 6.63. The molecule has 3 unspecified atom stereocenters. The molecule has 30 heavy (non-hydrogen) atoms. The zero-order valence-corrected chi connectivity index (χ0v) is 16.9. The first-order valence-corrected chi connectivity index (χ1v) is 10.6. The molecule has 2 aromatic carbocycles. The summed E-state index contributed by atoms with van der Waals surface area (Å²) in [5.41, 5.74) is -0.354. The fourth-order valence-electron chi connectivity index (χ4n) is 6.19. The van der Waals surface area contributed by atoms with Gasteiger partial charge in [0.1, 0.15) is 0 Å². The molecule has 6 nitrogen and oxygen atoms in total. The third kappa shape index (κ3) is 2.31. The number of aliphatic hydroxyl groups is 1. The van der Waals surface area contributed by atoms with Crippen LogP contribution in [0.1, 0.15) is 44.6 Å². The maximum absolute atomic E-state index is 13.7. The number of hydrogen-bond donors (Lipinski definition) is 1. The lowest BCUT2D eigenvalue weighted by Crippen LogP contribution is -2.43. The van der Waals surface area contributed by atoms with Gasteiger partial charge in [-0.05, 0) is 31.4 Å². The number of benzene rings is 2. The van der Waals surface area contributed by atoms with E-state index in [1.54, 1.807) is 12.1 Å². The Hall–Kier alpha value is -2.75. The molecule has 3 aliphatic rings. The van der Waals surface area contributed by atoms with Crippen molar-refractivity contribution in [1.82, 2.24) is 0 Å². The number of imide groups is 1. The van der Waals surface area contributed by atoms with E-state index >= 15 is 0 Å². The van der Waals surface area contributed by atoms with E-state index in [0.717, 1.165) is 24.6 Å². The molecule has 0 aliphatic carbocycles. The Morgan fingerprint density at radius 3 is 2.30 bits per heavy atom. The number of rotatable bonds is 5. The predicted molar refractivity (Wildman–Crippen MR) is 111 cm³/mol. The lowest BCUT2D eigenvalue weighted by atomic mass is 9.65. The minimum Gasteiger partial charge on any atom is -0.396 e. The smallest absolute Gasteiger partial charge is 0.240 e. The van der Waals surface area contributed by atoms with Crippen LogP contribution in [-0.4, -0.2) is 34.7 Å². The van der Waals surface area contributed by atoms with Gasteiger partial charge in [0.15, 0.2) is 0 Å². The van der Waals surface area contributed by atoms with Gasteiger partial charge < -0.3 is 9.84 Å². The molecule has 6 heteroatoms. The van der Waals surface area contributed by atoms with Crippen LogP contribution in [0.25, 0.3) is 10.8 Å². The van der Waals surface area contributed by atoms with Crippen LogP contribution in [0.4, 0.5) is 5.69 Å². The summed E-state index contributed by atoms with van der Waals surface area (Å²) in [6.45, 7) is 1.98. The Balaban J connectivity index is 1.66. The highest BCUT2D eigenvalue weighted by Crippen LogP contribution is 2.64. The number of carbonyl (C=O) groups excluding carboxylic acids is 2. The van der Waals surface area contributed by atoms with Gasteiger partial charge in [-0.1, -0.05) is 37.6 Å². The maximum Gasteiger partial charge on any atom is 0.240 e. The highest BCUT2D eigenvalue weighted by Gasteiger charge is 2.74. The molecule has 5 rings (SSSR count). The summed E-state index contributed by atoms with van der Waals surface area (Å²) in [6, 6.07) is 12.9. The number of aliphatic hydroxyl groups excluding tert-OH is 1. The maximum atomic E-state index is 13.7. The largest absolute Gasteiger partial charge is 0.396 e. The van der Waals surface area contributed by atoms with Gasteiger partial charge in [0.25, 0.3) is 0 Å². The Morgan fingerprint density at radius 1 is 1.07 bits per heavy atom. The van der Waals surface area contributed by atoms with Crippen molar-refractivity contribution in [2.24, 2.45) is 11.8 Å². The molecule has 0 aromatic heterocycles. The summed E-state index contributed by atoms with van der Waals surface area (Å²) in [5.74, 6) is -1.54. The summed E-state index contributed by atoms with van der Waals surface area (Å²) >= 11 is 0. The average molecular weight is 404 g/mol. The molecule has 1 N–H and O–H groups in total. The molecule has 2 amide bonds. The normalized spacial score (nSPS) is 32.1. The first-order chi connectivity index (χ1) is 14.5. The summed E-state index contributed by atoms with van der Waals surface area (Å²) in [5, 5.41) is 20.6.